The molecule has 23 heavy (non-hydrogen) atoms. The summed E-state index contributed by atoms with van der Waals surface area (Å²) >= 11 is 3.35. The fourth-order valence-electron chi connectivity index (χ4n) is 2.09. The van der Waals surface area contributed by atoms with E-state index in [0.29, 0.717) is 18.5 Å². The van der Waals surface area contributed by atoms with Crippen LogP contribution in [0.4, 0.5) is 0 Å². The van der Waals surface area contributed by atoms with Crippen molar-refractivity contribution in [3.63, 3.8) is 0 Å². The average molecular weight is 349 g/mol. The number of hydrogen-bond donors (Lipinski definition) is 1. The van der Waals surface area contributed by atoms with Gasteiger partial charge in [-0.1, -0.05) is 18.2 Å². The second-order valence-corrected chi connectivity index (χ2v) is 7.14. The lowest BCUT2D eigenvalue weighted by atomic mass is 10.2. The summed E-state index contributed by atoms with van der Waals surface area (Å²) in [6, 6.07) is 11.7. The standard InChI is InChI=1S/C17H19NO3S2/c1-18(10-4-9-16(19)20)17(21)14-7-2-3-8-15(14)23-12-13-6-5-11-22-13/h2-3,5-8,11H,4,9-10,12H2,1H3,(H,19,20). The number of hydrogen-bond acceptors (Lipinski definition) is 4. The predicted molar refractivity (Wildman–Crippen MR) is 94.2 cm³/mol. The Morgan fingerprint density at radius 3 is 2.70 bits per heavy atom. The van der Waals surface area contributed by atoms with Gasteiger partial charge in [0.05, 0.1) is 5.56 Å². The summed E-state index contributed by atoms with van der Waals surface area (Å²) in [5, 5.41) is 10.7. The zero-order chi connectivity index (χ0) is 16.7. The molecule has 1 heterocycles. The maximum absolute atomic E-state index is 12.6. The van der Waals surface area contributed by atoms with Crippen molar-refractivity contribution in [3.8, 4) is 0 Å². The van der Waals surface area contributed by atoms with Gasteiger partial charge in [0.25, 0.3) is 5.91 Å². The highest BCUT2D eigenvalue weighted by atomic mass is 32.2. The minimum Gasteiger partial charge on any atom is -0.481 e. The molecule has 0 saturated carbocycles. The molecule has 0 aliphatic heterocycles. The predicted octanol–water partition coefficient (Wildman–Crippen LogP) is 3.98. The normalized spacial score (nSPS) is 10.5. The molecule has 1 amide bonds. The lowest BCUT2D eigenvalue weighted by molar-refractivity contribution is -0.137. The first-order valence-electron chi connectivity index (χ1n) is 7.29. The van der Waals surface area contributed by atoms with Crippen molar-refractivity contribution in [3.05, 3.63) is 52.2 Å². The monoisotopic (exact) mass is 349 g/mol. The molecule has 0 atom stereocenters. The maximum Gasteiger partial charge on any atom is 0.303 e. The van der Waals surface area contributed by atoms with E-state index in [4.69, 9.17) is 5.11 Å². The number of aliphatic carboxylic acids is 1. The zero-order valence-corrected chi connectivity index (χ0v) is 14.5. The summed E-state index contributed by atoms with van der Waals surface area (Å²) < 4.78 is 0. The van der Waals surface area contributed by atoms with Crippen molar-refractivity contribution in [1.82, 2.24) is 4.90 Å². The van der Waals surface area contributed by atoms with Gasteiger partial charge in [-0.3, -0.25) is 9.59 Å². The van der Waals surface area contributed by atoms with Gasteiger partial charge < -0.3 is 10.0 Å². The van der Waals surface area contributed by atoms with Crippen LogP contribution in [0.1, 0.15) is 28.1 Å². The number of carbonyl (C=O) groups excluding carboxylic acids is 1. The third kappa shape index (κ3) is 5.41. The first kappa shape index (κ1) is 17.6. The topological polar surface area (TPSA) is 57.6 Å². The smallest absolute Gasteiger partial charge is 0.303 e. The van der Waals surface area contributed by atoms with Crippen LogP contribution in [0.5, 0.6) is 0 Å². The molecule has 0 fully saturated rings. The van der Waals surface area contributed by atoms with Gasteiger partial charge in [-0.25, -0.2) is 0 Å². The summed E-state index contributed by atoms with van der Waals surface area (Å²) in [5.74, 6) is -0.0626. The van der Waals surface area contributed by atoms with Crippen molar-refractivity contribution in [1.29, 1.82) is 0 Å². The summed E-state index contributed by atoms with van der Waals surface area (Å²) in [7, 11) is 1.71. The Kier molecular flexibility index (Phi) is 6.67. The lowest BCUT2D eigenvalue weighted by Gasteiger charge is -2.18. The Hall–Kier alpha value is -1.79. The number of carbonyl (C=O) groups is 2. The van der Waals surface area contributed by atoms with E-state index in [-0.39, 0.29) is 12.3 Å². The molecule has 2 aromatic rings. The number of amides is 1. The van der Waals surface area contributed by atoms with Crippen molar-refractivity contribution < 1.29 is 14.7 Å². The molecule has 0 bridgehead atoms. The first-order valence-corrected chi connectivity index (χ1v) is 9.16. The molecule has 6 heteroatoms. The third-order valence-corrected chi connectivity index (χ3v) is 5.48. The van der Waals surface area contributed by atoms with Crippen LogP contribution in [-0.2, 0) is 10.5 Å². The average Bonchev–Trinajstić information content (AvgIpc) is 3.05. The van der Waals surface area contributed by atoms with E-state index >= 15 is 0 Å². The highest BCUT2D eigenvalue weighted by Gasteiger charge is 2.16. The molecule has 0 aliphatic carbocycles. The van der Waals surface area contributed by atoms with Gasteiger partial charge in [-0.15, -0.1) is 23.1 Å². The molecule has 122 valence electrons. The van der Waals surface area contributed by atoms with Crippen LogP contribution in [0.3, 0.4) is 0 Å². The highest BCUT2D eigenvalue weighted by Crippen LogP contribution is 2.28. The van der Waals surface area contributed by atoms with Crippen LogP contribution >= 0.6 is 23.1 Å². The Labute approximate surface area is 144 Å². The fourth-order valence-corrected chi connectivity index (χ4v) is 3.91. The van der Waals surface area contributed by atoms with Gasteiger partial charge in [0, 0.05) is 35.5 Å². The molecular weight excluding hydrogens is 330 g/mol. The minimum absolute atomic E-state index is 0.0651. The van der Waals surface area contributed by atoms with Gasteiger partial charge in [0.1, 0.15) is 0 Å². The molecule has 4 nitrogen and oxygen atoms in total. The quantitative estimate of drug-likeness (QED) is 0.733. The SMILES string of the molecule is CN(CCCC(=O)O)C(=O)c1ccccc1SCc1cccs1. The van der Waals surface area contributed by atoms with E-state index in [1.165, 1.54) is 4.88 Å². The molecule has 2 rings (SSSR count). The molecule has 0 aliphatic rings. The van der Waals surface area contributed by atoms with Gasteiger partial charge >= 0.3 is 5.97 Å². The number of carboxylic acid groups (broad SMARTS) is 1. The van der Waals surface area contributed by atoms with Crippen LogP contribution in [0.25, 0.3) is 0 Å². The maximum atomic E-state index is 12.6. The Balaban J connectivity index is 2.00. The van der Waals surface area contributed by atoms with Crippen molar-refractivity contribution in [2.24, 2.45) is 0 Å². The number of nitrogens with zero attached hydrogens (tertiary/aromatic N) is 1. The van der Waals surface area contributed by atoms with Crippen LogP contribution in [0.15, 0.2) is 46.7 Å². The lowest BCUT2D eigenvalue weighted by Crippen LogP contribution is -2.28. The molecule has 1 aromatic carbocycles. The van der Waals surface area contributed by atoms with Crippen LogP contribution in [0.2, 0.25) is 0 Å². The Morgan fingerprint density at radius 1 is 1.22 bits per heavy atom. The molecular formula is C17H19NO3S2. The van der Waals surface area contributed by atoms with E-state index in [9.17, 15) is 9.59 Å². The summed E-state index contributed by atoms with van der Waals surface area (Å²) in [5.41, 5.74) is 0.673. The second kappa shape index (κ2) is 8.74. The summed E-state index contributed by atoms with van der Waals surface area (Å²) in [4.78, 5) is 27.0. The Bertz CT molecular complexity index is 656. The largest absolute Gasteiger partial charge is 0.481 e. The minimum atomic E-state index is -0.835. The van der Waals surface area contributed by atoms with E-state index < -0.39 is 5.97 Å². The van der Waals surface area contributed by atoms with Gasteiger partial charge in [-0.05, 0) is 30.0 Å². The van der Waals surface area contributed by atoms with Crippen molar-refractivity contribution in [2.45, 2.75) is 23.5 Å². The molecule has 0 spiro atoms. The van der Waals surface area contributed by atoms with Crippen LogP contribution < -0.4 is 0 Å². The molecule has 0 saturated heterocycles. The number of thiophene rings is 1. The van der Waals surface area contributed by atoms with Gasteiger partial charge in [0.15, 0.2) is 0 Å². The molecule has 0 unspecified atom stereocenters. The fraction of sp³-hybridized carbons (Fsp3) is 0.294. The number of benzene rings is 1. The summed E-state index contributed by atoms with van der Waals surface area (Å²) in [6.07, 6.45) is 0.536. The third-order valence-electron chi connectivity index (χ3n) is 3.30. The Morgan fingerprint density at radius 2 is 2.00 bits per heavy atom. The van der Waals surface area contributed by atoms with E-state index in [1.807, 2.05) is 35.7 Å². The van der Waals surface area contributed by atoms with Crippen molar-refractivity contribution in [2.75, 3.05) is 13.6 Å². The van der Waals surface area contributed by atoms with Crippen molar-refractivity contribution >= 4 is 35.0 Å². The number of thioether (sulfide) groups is 1. The molecule has 1 N–H and O–H groups in total. The first-order chi connectivity index (χ1) is 11.1. The molecule has 0 radical (unpaired) electrons. The number of rotatable bonds is 8. The highest BCUT2D eigenvalue weighted by molar-refractivity contribution is 7.98. The zero-order valence-electron chi connectivity index (χ0n) is 12.9. The van der Waals surface area contributed by atoms with Crippen LogP contribution in [-0.4, -0.2) is 35.5 Å². The number of carboxylic acids is 1. The van der Waals surface area contributed by atoms with E-state index in [1.54, 1.807) is 35.0 Å². The molecule has 1 aromatic heterocycles. The van der Waals surface area contributed by atoms with Crippen LogP contribution in [0, 0.1) is 0 Å². The second-order valence-electron chi connectivity index (χ2n) is 5.09. The van der Waals surface area contributed by atoms with Gasteiger partial charge in [-0.2, -0.15) is 0 Å². The van der Waals surface area contributed by atoms with Gasteiger partial charge in [0.2, 0.25) is 0 Å². The van der Waals surface area contributed by atoms with E-state index in [2.05, 4.69) is 6.07 Å². The summed E-state index contributed by atoms with van der Waals surface area (Å²) in [6.45, 7) is 0.440. The van der Waals surface area contributed by atoms with E-state index in [0.717, 1.165) is 10.6 Å².